The van der Waals surface area contributed by atoms with E-state index in [-0.39, 0.29) is 71.6 Å². The van der Waals surface area contributed by atoms with Gasteiger partial charge in [0.25, 0.3) is 11.6 Å². The second kappa shape index (κ2) is 10.3. The van der Waals surface area contributed by atoms with Crippen molar-refractivity contribution in [2.75, 3.05) is 37.7 Å². The lowest BCUT2D eigenvalue weighted by Gasteiger charge is -2.34. The monoisotopic (exact) mass is 682 g/mol. The molecule has 4 aromatic rings. The van der Waals surface area contributed by atoms with Gasteiger partial charge >= 0.3 is 6.01 Å². The summed E-state index contributed by atoms with van der Waals surface area (Å²) >= 11 is 0. The SMILES string of the molecule is O=[N+]([O-])c1cc2c(N3C[C@H]4CC[C@@H](C3)N4)nc(OC[C@@]34CCCN3C[C@]3(CC3(F)F)C4)nc2c(F)c1-c1c(O)ccc2c(F)c(F)ccc12. The number of aromatic nitrogens is 2. The summed E-state index contributed by atoms with van der Waals surface area (Å²) in [4.78, 5) is 24.8. The zero-order valence-electron chi connectivity index (χ0n) is 26.1. The van der Waals surface area contributed by atoms with Gasteiger partial charge in [-0.3, -0.25) is 15.0 Å². The third-order valence-corrected chi connectivity index (χ3v) is 11.5. The van der Waals surface area contributed by atoms with Crippen molar-refractivity contribution in [3.8, 4) is 22.9 Å². The lowest BCUT2D eigenvalue weighted by Crippen LogP contribution is -2.51. The molecule has 15 heteroatoms. The van der Waals surface area contributed by atoms with Crippen LogP contribution in [0.5, 0.6) is 11.8 Å². The number of nitro groups is 1. The number of piperazine rings is 1. The summed E-state index contributed by atoms with van der Waals surface area (Å²) in [7, 11) is 0. The van der Waals surface area contributed by atoms with Gasteiger partial charge in [0.05, 0.1) is 21.3 Å². The Morgan fingerprint density at radius 2 is 1.73 bits per heavy atom. The second-order valence-electron chi connectivity index (χ2n) is 14.4. The molecule has 4 atom stereocenters. The van der Waals surface area contributed by atoms with Gasteiger partial charge in [0.2, 0.25) is 0 Å². The first-order valence-electron chi connectivity index (χ1n) is 16.4. The Hall–Kier alpha value is -4.37. The van der Waals surface area contributed by atoms with Gasteiger partial charge in [-0.15, -0.1) is 0 Å². The van der Waals surface area contributed by atoms with E-state index in [0.29, 0.717) is 26.1 Å². The molecular weight excluding hydrogens is 651 g/mol. The molecule has 1 spiro atoms. The number of aromatic hydroxyl groups is 1. The number of hydrogen-bond donors (Lipinski definition) is 2. The molecule has 256 valence electrons. The molecule has 1 aliphatic carbocycles. The predicted molar refractivity (Wildman–Crippen MR) is 168 cm³/mol. The molecule has 5 aliphatic rings. The van der Waals surface area contributed by atoms with Crippen molar-refractivity contribution in [1.82, 2.24) is 20.2 Å². The topological polar surface area (TPSA) is 117 Å². The predicted octanol–water partition coefficient (Wildman–Crippen LogP) is 6.06. The van der Waals surface area contributed by atoms with Crippen LogP contribution in [0.25, 0.3) is 32.8 Å². The van der Waals surface area contributed by atoms with E-state index < -0.39 is 61.8 Å². The molecule has 5 fully saturated rings. The van der Waals surface area contributed by atoms with Crippen LogP contribution in [0.3, 0.4) is 0 Å². The summed E-state index contributed by atoms with van der Waals surface area (Å²) in [5.74, 6) is -6.71. The molecule has 10 nitrogen and oxygen atoms in total. The third kappa shape index (κ3) is 4.50. The number of phenols is 1. The third-order valence-electron chi connectivity index (χ3n) is 11.5. The van der Waals surface area contributed by atoms with Gasteiger partial charge in [-0.1, -0.05) is 6.07 Å². The number of fused-ring (bicyclic) bond motifs is 5. The van der Waals surface area contributed by atoms with Gasteiger partial charge < -0.3 is 20.1 Å². The largest absolute Gasteiger partial charge is 0.507 e. The fourth-order valence-electron chi connectivity index (χ4n) is 9.08. The second-order valence-corrected chi connectivity index (χ2v) is 14.4. The summed E-state index contributed by atoms with van der Waals surface area (Å²) in [6.45, 7) is 1.92. The van der Waals surface area contributed by atoms with Crippen molar-refractivity contribution >= 4 is 33.2 Å². The molecular formula is C34H31F5N6O4. The van der Waals surface area contributed by atoms with Crippen molar-refractivity contribution in [2.45, 2.75) is 62.1 Å². The standard InChI is InChI=1S/C34H31F5N6O4/c35-22-6-4-19-20(27(22)36)5-7-24(46)25(19)26-23(45(47)48)10-21-29(28(26)37)41-31(42-30(21)43-11-17-2-3-18(12-43)40-17)49-16-33-8-1-9-44(33)15-32(13-33)14-34(32,38)39/h4-7,10,17-18,40,46H,1-3,8-9,11-16H2/t17-,18+,32-,33+/m1/s1. The van der Waals surface area contributed by atoms with Crippen LogP contribution in [0.2, 0.25) is 0 Å². The van der Waals surface area contributed by atoms with E-state index in [9.17, 15) is 32.8 Å². The van der Waals surface area contributed by atoms with Gasteiger partial charge in [0, 0.05) is 55.2 Å². The first kappa shape index (κ1) is 30.7. The number of ether oxygens (including phenoxy) is 1. The smallest absolute Gasteiger partial charge is 0.319 e. The van der Waals surface area contributed by atoms with Crippen molar-refractivity contribution < 1.29 is 36.7 Å². The number of nitrogens with zero attached hydrogens (tertiary/aromatic N) is 5. The average molecular weight is 683 g/mol. The molecule has 9 rings (SSSR count). The molecule has 0 amide bonds. The Labute approximate surface area is 276 Å². The Balaban J connectivity index is 1.21. The zero-order chi connectivity index (χ0) is 34.0. The molecule has 4 saturated heterocycles. The summed E-state index contributed by atoms with van der Waals surface area (Å²) < 4.78 is 81.2. The maximum absolute atomic E-state index is 17.1. The summed E-state index contributed by atoms with van der Waals surface area (Å²) in [5.41, 5.74) is -3.84. The minimum Gasteiger partial charge on any atom is -0.507 e. The highest BCUT2D eigenvalue weighted by molar-refractivity contribution is 6.06. The Bertz CT molecular complexity index is 2090. The molecule has 2 bridgehead atoms. The fraction of sp³-hybridized carbons (Fsp3) is 0.471. The number of hydrogen-bond acceptors (Lipinski definition) is 9. The number of rotatable bonds is 6. The van der Waals surface area contributed by atoms with Crippen LogP contribution >= 0.6 is 0 Å². The van der Waals surface area contributed by atoms with Crippen molar-refractivity contribution in [2.24, 2.45) is 5.41 Å². The zero-order valence-corrected chi connectivity index (χ0v) is 26.1. The molecule has 5 heterocycles. The van der Waals surface area contributed by atoms with Crippen molar-refractivity contribution in [3.63, 3.8) is 0 Å². The molecule has 2 N–H and O–H groups in total. The number of benzene rings is 3. The number of nitrogens with one attached hydrogen (secondary N) is 1. The van der Waals surface area contributed by atoms with Gasteiger partial charge in [0.15, 0.2) is 17.5 Å². The maximum Gasteiger partial charge on any atom is 0.319 e. The fourth-order valence-corrected chi connectivity index (χ4v) is 9.08. The number of phenolic OH excluding ortho intramolecular Hbond substituents is 1. The minimum atomic E-state index is -2.73. The van der Waals surface area contributed by atoms with Crippen LogP contribution in [0, 0.1) is 33.0 Å². The molecule has 4 aliphatic heterocycles. The molecule has 1 saturated carbocycles. The quantitative estimate of drug-likeness (QED) is 0.142. The van der Waals surface area contributed by atoms with Crippen molar-refractivity contribution in [3.05, 3.63) is 57.9 Å². The lowest BCUT2D eigenvalue weighted by molar-refractivity contribution is -0.384. The Kier molecular flexibility index (Phi) is 6.46. The molecule has 1 aromatic heterocycles. The van der Waals surface area contributed by atoms with Crippen LogP contribution < -0.4 is 15.0 Å². The van der Waals surface area contributed by atoms with E-state index in [1.54, 1.807) is 0 Å². The molecule has 0 unspecified atom stereocenters. The van der Waals surface area contributed by atoms with Gasteiger partial charge in [-0.2, -0.15) is 9.97 Å². The number of alkyl halides is 2. The highest BCUT2D eigenvalue weighted by Gasteiger charge is 2.77. The van der Waals surface area contributed by atoms with E-state index in [4.69, 9.17) is 4.74 Å². The Morgan fingerprint density at radius 3 is 2.45 bits per heavy atom. The lowest BCUT2D eigenvalue weighted by atomic mass is 9.89. The molecule has 49 heavy (non-hydrogen) atoms. The van der Waals surface area contributed by atoms with E-state index >= 15 is 4.39 Å². The normalized spacial score (nSPS) is 28.6. The number of nitro benzene ring substituents is 1. The number of anilines is 1. The van der Waals surface area contributed by atoms with E-state index in [1.807, 2.05) is 4.90 Å². The van der Waals surface area contributed by atoms with Crippen LogP contribution in [-0.4, -0.2) is 81.2 Å². The van der Waals surface area contributed by atoms with Gasteiger partial charge in [0.1, 0.15) is 29.3 Å². The maximum atomic E-state index is 17.1. The van der Waals surface area contributed by atoms with E-state index in [0.717, 1.165) is 49.6 Å². The first-order valence-corrected chi connectivity index (χ1v) is 16.4. The van der Waals surface area contributed by atoms with Crippen LogP contribution in [0.1, 0.15) is 38.5 Å². The highest BCUT2D eigenvalue weighted by Crippen LogP contribution is 2.69. The van der Waals surface area contributed by atoms with Gasteiger partial charge in [-0.25, -0.2) is 22.0 Å². The minimum absolute atomic E-state index is 0.00100. The Morgan fingerprint density at radius 1 is 1.00 bits per heavy atom. The summed E-state index contributed by atoms with van der Waals surface area (Å²) in [6, 6.07) is 5.22. The number of halogens is 5. The first-order chi connectivity index (χ1) is 23.4. The average Bonchev–Trinajstić information content (AvgIpc) is 3.39. The van der Waals surface area contributed by atoms with E-state index in [2.05, 4.69) is 20.2 Å². The van der Waals surface area contributed by atoms with Gasteiger partial charge in [-0.05, 0) is 62.2 Å². The summed E-state index contributed by atoms with van der Waals surface area (Å²) in [5, 5.41) is 26.6. The van der Waals surface area contributed by atoms with E-state index in [1.165, 1.54) is 0 Å². The summed E-state index contributed by atoms with van der Waals surface area (Å²) in [6.07, 6.45) is 3.39. The van der Waals surface area contributed by atoms with Crippen LogP contribution in [0.4, 0.5) is 33.5 Å². The van der Waals surface area contributed by atoms with Crippen LogP contribution in [0.15, 0.2) is 30.3 Å². The highest BCUT2D eigenvalue weighted by atomic mass is 19.3. The molecule has 3 aromatic carbocycles. The van der Waals surface area contributed by atoms with Crippen molar-refractivity contribution in [1.29, 1.82) is 0 Å². The van der Waals surface area contributed by atoms with Crippen LogP contribution in [-0.2, 0) is 0 Å². The molecule has 0 radical (unpaired) electrons.